The van der Waals surface area contributed by atoms with Crippen LogP contribution in [0.15, 0.2) is 42.5 Å². The van der Waals surface area contributed by atoms with E-state index in [-0.39, 0.29) is 5.16 Å². The molecule has 0 N–H and O–H groups in total. The highest BCUT2D eigenvalue weighted by Crippen LogP contribution is 2.61. The molecule has 0 saturated heterocycles. The standard InChI is InChI=1S/C48H71P/c1-30(2)36-26-41(32(5)6)45(42(27-36)33(7)8)39-22-19-23-40(46-43(34(9)10)28-37(31(3)4)29-44(46)35(11)12)47(39)48(24-17-14-18-25-48)49-38-20-15-13-16-21-38/h19,22-23,26-35,38,49H,13-18,20-21,24-25H2,1-12H3. The molecule has 5 rings (SSSR count). The lowest BCUT2D eigenvalue weighted by molar-refractivity contribution is 0.397. The molecule has 0 aliphatic heterocycles. The zero-order valence-corrected chi connectivity index (χ0v) is 34.7. The largest absolute Gasteiger partial charge is 0.108 e. The van der Waals surface area contributed by atoms with E-state index in [1.54, 1.807) is 50.1 Å². The first-order valence-corrected chi connectivity index (χ1v) is 21.6. The zero-order chi connectivity index (χ0) is 35.6. The summed E-state index contributed by atoms with van der Waals surface area (Å²) in [5.41, 5.74) is 18.1. The van der Waals surface area contributed by atoms with Gasteiger partial charge in [-0.2, -0.15) is 0 Å². The van der Waals surface area contributed by atoms with Gasteiger partial charge in [-0.1, -0.05) is 164 Å². The highest BCUT2D eigenvalue weighted by Gasteiger charge is 2.41. The normalized spacial score (nSPS) is 17.7. The van der Waals surface area contributed by atoms with Gasteiger partial charge in [0.25, 0.3) is 0 Å². The van der Waals surface area contributed by atoms with E-state index < -0.39 is 0 Å². The lowest BCUT2D eigenvalue weighted by Crippen LogP contribution is -2.29. The van der Waals surface area contributed by atoms with Gasteiger partial charge < -0.3 is 0 Å². The third-order valence-electron chi connectivity index (χ3n) is 12.1. The van der Waals surface area contributed by atoms with Crippen molar-refractivity contribution in [3.63, 3.8) is 0 Å². The Balaban J connectivity index is 1.97. The second kappa shape index (κ2) is 16.2. The van der Waals surface area contributed by atoms with Gasteiger partial charge in [0.15, 0.2) is 0 Å². The van der Waals surface area contributed by atoms with Crippen molar-refractivity contribution in [2.45, 2.75) is 194 Å². The molecule has 2 aliphatic rings. The van der Waals surface area contributed by atoms with E-state index in [9.17, 15) is 0 Å². The molecule has 0 heterocycles. The maximum atomic E-state index is 2.60. The van der Waals surface area contributed by atoms with Crippen LogP contribution in [0.4, 0.5) is 0 Å². The number of hydrogen-bond acceptors (Lipinski definition) is 0. The number of hydrogen-bond donors (Lipinski definition) is 0. The SMILES string of the molecule is CC(C)c1cc(C(C)C)c(-c2cccc(-c3c(C(C)C)cc(C(C)C)cc3C(C)C)c2C2(PC3CCCCC3)CCCCC2)c(C(C)C)c1. The van der Waals surface area contributed by atoms with Crippen LogP contribution in [0, 0.1) is 0 Å². The Morgan fingerprint density at radius 1 is 0.490 bits per heavy atom. The molecule has 2 saturated carbocycles. The smallest absolute Gasteiger partial charge is 0.0141 e. The first-order valence-electron chi connectivity index (χ1n) is 20.5. The first-order chi connectivity index (χ1) is 23.3. The molecule has 1 unspecified atom stereocenters. The molecule has 3 aromatic carbocycles. The van der Waals surface area contributed by atoms with Gasteiger partial charge in [0.2, 0.25) is 0 Å². The Bertz CT molecular complexity index is 1400. The highest BCUT2D eigenvalue weighted by molar-refractivity contribution is 7.40. The fourth-order valence-corrected chi connectivity index (χ4v) is 11.8. The van der Waals surface area contributed by atoms with Gasteiger partial charge in [0.05, 0.1) is 0 Å². The van der Waals surface area contributed by atoms with Crippen molar-refractivity contribution in [3.05, 3.63) is 81.4 Å². The van der Waals surface area contributed by atoms with Crippen LogP contribution in [0.5, 0.6) is 0 Å². The summed E-state index contributed by atoms with van der Waals surface area (Å²) >= 11 is 0. The van der Waals surface area contributed by atoms with Crippen LogP contribution in [-0.2, 0) is 5.16 Å². The van der Waals surface area contributed by atoms with Crippen molar-refractivity contribution in [1.29, 1.82) is 0 Å². The Hall–Kier alpha value is -1.91. The van der Waals surface area contributed by atoms with Crippen molar-refractivity contribution < 1.29 is 0 Å². The van der Waals surface area contributed by atoms with Crippen LogP contribution in [-0.4, -0.2) is 5.66 Å². The fraction of sp³-hybridized carbons (Fsp3) is 0.625. The minimum absolute atomic E-state index is 0.241. The summed E-state index contributed by atoms with van der Waals surface area (Å²) in [5.74, 6) is 2.91. The average molecular weight is 679 g/mol. The summed E-state index contributed by atoms with van der Waals surface area (Å²) in [5, 5.41) is 0.241. The van der Waals surface area contributed by atoms with E-state index in [4.69, 9.17) is 0 Å². The summed E-state index contributed by atoms with van der Waals surface area (Å²) in [7, 11) is 1.01. The lowest BCUT2D eigenvalue weighted by atomic mass is 9.71. The van der Waals surface area contributed by atoms with Crippen LogP contribution in [0.1, 0.15) is 222 Å². The van der Waals surface area contributed by atoms with Gasteiger partial charge in [0.1, 0.15) is 0 Å². The average Bonchev–Trinajstić information content (AvgIpc) is 3.07. The summed E-state index contributed by atoms with van der Waals surface area (Å²) in [6.07, 6.45) is 14.0. The van der Waals surface area contributed by atoms with Crippen molar-refractivity contribution in [3.8, 4) is 22.3 Å². The maximum Gasteiger partial charge on any atom is 0.0141 e. The molecule has 3 aromatic rings. The first kappa shape index (κ1) is 38.3. The fourth-order valence-electron chi connectivity index (χ4n) is 9.28. The van der Waals surface area contributed by atoms with Crippen LogP contribution < -0.4 is 0 Å². The summed E-state index contributed by atoms with van der Waals surface area (Å²) < 4.78 is 0. The molecule has 49 heavy (non-hydrogen) atoms. The van der Waals surface area contributed by atoms with E-state index in [1.807, 2.05) is 0 Å². The van der Waals surface area contributed by atoms with E-state index in [1.165, 1.54) is 75.3 Å². The molecule has 2 aliphatic carbocycles. The predicted octanol–water partition coefficient (Wildman–Crippen LogP) is 15.9. The molecule has 0 radical (unpaired) electrons. The maximum absolute atomic E-state index is 2.60. The molecular weight excluding hydrogens is 608 g/mol. The van der Waals surface area contributed by atoms with Crippen LogP contribution in [0.2, 0.25) is 0 Å². The predicted molar refractivity (Wildman–Crippen MR) is 222 cm³/mol. The van der Waals surface area contributed by atoms with Crippen LogP contribution in [0.3, 0.4) is 0 Å². The third kappa shape index (κ3) is 8.11. The molecular formula is C48H71P. The summed E-state index contributed by atoms with van der Waals surface area (Å²) in [6.45, 7) is 29.0. The van der Waals surface area contributed by atoms with Gasteiger partial charge in [-0.05, 0) is 128 Å². The van der Waals surface area contributed by atoms with Gasteiger partial charge in [-0.25, -0.2) is 0 Å². The highest BCUT2D eigenvalue weighted by atomic mass is 31.1. The topological polar surface area (TPSA) is 0 Å². The Morgan fingerprint density at radius 2 is 0.857 bits per heavy atom. The van der Waals surface area contributed by atoms with E-state index in [0.29, 0.717) is 35.5 Å². The molecule has 268 valence electrons. The molecule has 0 spiro atoms. The van der Waals surface area contributed by atoms with E-state index in [2.05, 4.69) is 126 Å². The molecule has 0 aromatic heterocycles. The molecule has 0 amide bonds. The van der Waals surface area contributed by atoms with Gasteiger partial charge in [-0.3, -0.25) is 0 Å². The van der Waals surface area contributed by atoms with Gasteiger partial charge >= 0.3 is 0 Å². The summed E-state index contributed by atoms with van der Waals surface area (Å²) in [6, 6.07) is 18.0. The number of rotatable bonds is 11. The van der Waals surface area contributed by atoms with Crippen LogP contribution in [0.25, 0.3) is 22.3 Å². The molecule has 1 heteroatoms. The summed E-state index contributed by atoms with van der Waals surface area (Å²) in [4.78, 5) is 0. The quantitative estimate of drug-likeness (QED) is 0.177. The van der Waals surface area contributed by atoms with Crippen molar-refractivity contribution in [1.82, 2.24) is 0 Å². The lowest BCUT2D eigenvalue weighted by Gasteiger charge is -2.44. The zero-order valence-electron chi connectivity index (χ0n) is 33.7. The second-order valence-electron chi connectivity index (χ2n) is 17.9. The van der Waals surface area contributed by atoms with E-state index >= 15 is 0 Å². The Morgan fingerprint density at radius 3 is 1.20 bits per heavy atom. The minimum Gasteiger partial charge on any atom is -0.108 e. The van der Waals surface area contributed by atoms with Gasteiger partial charge in [-0.15, -0.1) is 8.58 Å². The van der Waals surface area contributed by atoms with Crippen molar-refractivity contribution in [2.75, 3.05) is 0 Å². The Labute approximate surface area is 304 Å². The minimum atomic E-state index is 0.241. The van der Waals surface area contributed by atoms with Gasteiger partial charge in [0, 0.05) is 5.16 Å². The van der Waals surface area contributed by atoms with E-state index in [0.717, 1.165) is 14.2 Å². The monoisotopic (exact) mass is 679 g/mol. The second-order valence-corrected chi connectivity index (χ2v) is 20.0. The molecule has 2 fully saturated rings. The molecule has 1 atom stereocenters. The Kier molecular flexibility index (Phi) is 12.7. The van der Waals surface area contributed by atoms with Crippen LogP contribution >= 0.6 is 8.58 Å². The van der Waals surface area contributed by atoms with Crippen molar-refractivity contribution in [2.24, 2.45) is 0 Å². The molecule has 0 nitrogen and oxygen atoms in total. The molecule has 0 bridgehead atoms. The third-order valence-corrected chi connectivity index (χ3v) is 14.4. The number of benzene rings is 3. The van der Waals surface area contributed by atoms with Crippen molar-refractivity contribution >= 4 is 8.58 Å².